The Balaban J connectivity index is 3.08. The van der Waals surface area contributed by atoms with Gasteiger partial charge in [0.15, 0.2) is 0 Å². The molecule has 0 spiro atoms. The largest absolute Gasteiger partial charge is 0.320 e. The van der Waals surface area contributed by atoms with Crippen molar-refractivity contribution in [2.24, 2.45) is 0 Å². The molecule has 0 saturated carbocycles. The van der Waals surface area contributed by atoms with Gasteiger partial charge >= 0.3 is 0 Å². The van der Waals surface area contributed by atoms with E-state index in [0.29, 0.717) is 10.9 Å². The van der Waals surface area contributed by atoms with Gasteiger partial charge in [0, 0.05) is 4.47 Å². The Labute approximate surface area is 86.8 Å². The molecule has 0 aliphatic carbocycles. The number of rotatable bonds is 0. The lowest BCUT2D eigenvalue weighted by molar-refractivity contribution is 1.23. The van der Waals surface area contributed by atoms with Gasteiger partial charge in [-0.2, -0.15) is 0 Å². The summed E-state index contributed by atoms with van der Waals surface area (Å²) < 4.78 is 0.774. The normalized spacial score (nSPS) is 10.4. The van der Waals surface area contributed by atoms with Crippen molar-refractivity contribution in [2.75, 3.05) is 0 Å². The van der Waals surface area contributed by atoms with E-state index in [1.165, 1.54) is 0 Å². The Morgan fingerprint density at radius 3 is 2.86 bits per heavy atom. The fraction of sp³-hybridized carbons (Fsp3) is 0. The molecule has 5 heteroatoms. The van der Waals surface area contributed by atoms with Gasteiger partial charge in [-0.25, -0.2) is 4.98 Å². The van der Waals surface area contributed by atoms with Crippen molar-refractivity contribution in [1.29, 1.82) is 0 Å². The number of aromatic amines is 1. The highest BCUT2D eigenvalue weighted by Gasteiger charge is 1.98. The smallest absolute Gasteiger partial charge is 0.279 e. The molecule has 0 aliphatic heterocycles. The van der Waals surface area contributed by atoms with E-state index in [1.807, 2.05) is 0 Å². The molecule has 1 aromatic heterocycles. The van der Waals surface area contributed by atoms with Gasteiger partial charge in [-0.05, 0) is 18.2 Å². The molecule has 0 atom stereocenters. The van der Waals surface area contributed by atoms with Gasteiger partial charge in [-0.15, -0.1) is 0 Å². The first-order valence-corrected chi connectivity index (χ1v) is 4.65. The molecular formula is C9H5BrN2O2. The van der Waals surface area contributed by atoms with E-state index in [2.05, 4.69) is 25.9 Å². The lowest BCUT2D eigenvalue weighted by atomic mass is 10.2. The highest BCUT2D eigenvalue weighted by molar-refractivity contribution is 9.10. The van der Waals surface area contributed by atoms with Gasteiger partial charge in [-0.1, -0.05) is 15.9 Å². The summed E-state index contributed by atoms with van der Waals surface area (Å²) in [5.41, 5.74) is -0.320. The van der Waals surface area contributed by atoms with E-state index >= 15 is 0 Å². The van der Waals surface area contributed by atoms with Crippen LogP contribution in [-0.2, 0) is 0 Å². The minimum atomic E-state index is -0.417. The minimum Gasteiger partial charge on any atom is -0.320 e. The molecule has 2 rings (SSSR count). The van der Waals surface area contributed by atoms with Crippen molar-refractivity contribution in [2.45, 2.75) is 0 Å². The third-order valence-corrected chi connectivity index (χ3v) is 2.26. The third kappa shape index (κ3) is 1.58. The van der Waals surface area contributed by atoms with Crippen LogP contribution >= 0.6 is 15.9 Å². The number of aromatic nitrogens is 2. The third-order valence-electron chi connectivity index (χ3n) is 1.77. The number of hydrogen-bond acceptors (Lipinski definition) is 3. The van der Waals surface area contributed by atoms with E-state index in [1.54, 1.807) is 18.2 Å². The zero-order valence-electron chi connectivity index (χ0n) is 6.95. The maximum atomic E-state index is 11.4. The first-order chi connectivity index (χ1) is 6.66. The molecule has 0 radical (unpaired) electrons. The summed E-state index contributed by atoms with van der Waals surface area (Å²) in [6.07, 6.45) is 0.982. The first kappa shape index (κ1) is 9.08. The van der Waals surface area contributed by atoms with Crippen LogP contribution in [0.15, 0.2) is 38.5 Å². The van der Waals surface area contributed by atoms with Crippen molar-refractivity contribution >= 4 is 26.8 Å². The molecule has 70 valence electrons. The monoisotopic (exact) mass is 252 g/mol. The zero-order chi connectivity index (χ0) is 10.1. The SMILES string of the molecule is O=c1cnc(=O)c2cc(Br)ccc2[nH]1. The molecular weight excluding hydrogens is 248 g/mol. The first-order valence-electron chi connectivity index (χ1n) is 3.86. The highest BCUT2D eigenvalue weighted by Crippen LogP contribution is 2.13. The molecule has 0 saturated heterocycles. The molecule has 0 fully saturated rings. The number of benzene rings is 1. The number of H-pyrrole nitrogens is 1. The molecule has 4 nitrogen and oxygen atoms in total. The number of halogens is 1. The lowest BCUT2D eigenvalue weighted by Crippen LogP contribution is -2.02. The average Bonchev–Trinajstić information content (AvgIpc) is 2.29. The van der Waals surface area contributed by atoms with E-state index in [0.717, 1.165) is 10.7 Å². The van der Waals surface area contributed by atoms with Crippen LogP contribution in [0.2, 0.25) is 0 Å². The molecule has 0 amide bonds. The Bertz CT molecular complexity index is 606. The summed E-state index contributed by atoms with van der Waals surface area (Å²) in [6.45, 7) is 0. The van der Waals surface area contributed by atoms with Crippen molar-refractivity contribution in [3.05, 3.63) is 49.6 Å². The van der Waals surface area contributed by atoms with E-state index < -0.39 is 5.56 Å². The standard InChI is InChI=1S/C9H5BrN2O2/c10-5-1-2-7-6(3-5)9(14)11-4-8(13)12-7/h1-4H,(H,12,13). The molecule has 0 unspecified atom stereocenters. The second-order valence-electron chi connectivity index (χ2n) is 2.74. The van der Waals surface area contributed by atoms with Gasteiger partial charge in [0.2, 0.25) is 0 Å². The summed E-state index contributed by atoms with van der Waals surface area (Å²) in [6, 6.07) is 5.03. The fourth-order valence-electron chi connectivity index (χ4n) is 1.15. The van der Waals surface area contributed by atoms with Crippen molar-refractivity contribution in [3.8, 4) is 0 Å². The van der Waals surface area contributed by atoms with Crippen LogP contribution in [-0.4, -0.2) is 9.97 Å². The van der Waals surface area contributed by atoms with Crippen LogP contribution in [0.4, 0.5) is 0 Å². The lowest BCUT2D eigenvalue weighted by Gasteiger charge is -1.91. The van der Waals surface area contributed by atoms with Gasteiger partial charge in [-0.3, -0.25) is 9.59 Å². The van der Waals surface area contributed by atoms with Crippen LogP contribution in [0.3, 0.4) is 0 Å². The summed E-state index contributed by atoms with van der Waals surface area (Å²) in [7, 11) is 0. The van der Waals surface area contributed by atoms with Gasteiger partial charge in [0.1, 0.15) is 0 Å². The second-order valence-corrected chi connectivity index (χ2v) is 3.66. The summed E-state index contributed by atoms with van der Waals surface area (Å²) >= 11 is 3.24. The quantitative estimate of drug-likeness (QED) is 0.763. The second kappa shape index (κ2) is 3.34. The van der Waals surface area contributed by atoms with E-state index in [-0.39, 0.29) is 5.56 Å². The van der Waals surface area contributed by atoms with Crippen LogP contribution in [0, 0.1) is 0 Å². The van der Waals surface area contributed by atoms with Crippen molar-refractivity contribution in [3.63, 3.8) is 0 Å². The topological polar surface area (TPSA) is 62.8 Å². The number of nitrogens with zero attached hydrogens (tertiary/aromatic N) is 1. The molecule has 1 heterocycles. The van der Waals surface area contributed by atoms with Gasteiger partial charge in [0.25, 0.3) is 11.1 Å². The predicted molar refractivity (Wildman–Crippen MR) is 56.3 cm³/mol. The summed E-state index contributed by atoms with van der Waals surface area (Å²) in [4.78, 5) is 28.5. The summed E-state index contributed by atoms with van der Waals surface area (Å²) in [5, 5.41) is 0.390. The Morgan fingerprint density at radius 1 is 1.29 bits per heavy atom. The average molecular weight is 253 g/mol. The van der Waals surface area contributed by atoms with Gasteiger partial charge in [0.05, 0.1) is 17.1 Å². The number of nitrogens with one attached hydrogen (secondary N) is 1. The summed E-state index contributed by atoms with van der Waals surface area (Å²) in [5.74, 6) is 0. The zero-order valence-corrected chi connectivity index (χ0v) is 8.54. The molecule has 0 aliphatic rings. The van der Waals surface area contributed by atoms with E-state index in [4.69, 9.17) is 0 Å². The Morgan fingerprint density at radius 2 is 2.07 bits per heavy atom. The Hall–Kier alpha value is -1.49. The predicted octanol–water partition coefficient (Wildman–Crippen LogP) is 1.05. The molecule has 14 heavy (non-hydrogen) atoms. The molecule has 2 aromatic rings. The maximum absolute atomic E-state index is 11.4. The molecule has 1 N–H and O–H groups in total. The van der Waals surface area contributed by atoms with Crippen LogP contribution < -0.4 is 11.1 Å². The van der Waals surface area contributed by atoms with Crippen molar-refractivity contribution < 1.29 is 0 Å². The number of fused-ring (bicyclic) bond motifs is 1. The van der Waals surface area contributed by atoms with Gasteiger partial charge < -0.3 is 4.98 Å². The van der Waals surface area contributed by atoms with Crippen LogP contribution in [0.1, 0.15) is 0 Å². The molecule has 0 bridgehead atoms. The van der Waals surface area contributed by atoms with Crippen molar-refractivity contribution in [1.82, 2.24) is 9.97 Å². The number of hydrogen-bond donors (Lipinski definition) is 1. The Kier molecular flexibility index (Phi) is 2.17. The molecule has 1 aromatic carbocycles. The minimum absolute atomic E-state index is 0.389. The van der Waals surface area contributed by atoms with Crippen LogP contribution in [0.25, 0.3) is 10.9 Å². The maximum Gasteiger partial charge on any atom is 0.279 e. The highest BCUT2D eigenvalue weighted by atomic mass is 79.9. The van der Waals surface area contributed by atoms with Crippen LogP contribution in [0.5, 0.6) is 0 Å². The van der Waals surface area contributed by atoms with E-state index in [9.17, 15) is 9.59 Å². The fourth-order valence-corrected chi connectivity index (χ4v) is 1.52.